The number of aromatic nitrogens is 1. The van der Waals surface area contributed by atoms with Crippen LogP contribution in [0.1, 0.15) is 87.2 Å². The molecule has 0 spiro atoms. The van der Waals surface area contributed by atoms with Crippen molar-refractivity contribution in [2.24, 2.45) is 0 Å². The first-order valence-electron chi connectivity index (χ1n) is 13.9. The number of fused-ring (bicyclic) bond motifs is 2. The number of H-pyrrole nitrogens is 1. The van der Waals surface area contributed by atoms with Crippen LogP contribution in [0.15, 0.2) is 23.1 Å². The van der Waals surface area contributed by atoms with Crippen molar-refractivity contribution in [3.63, 3.8) is 0 Å². The fraction of sp³-hybridized carbons (Fsp3) is 0.552. The number of aromatic hydroxyl groups is 1. The third-order valence-electron chi connectivity index (χ3n) is 8.24. The average molecular weight is 558 g/mol. The zero-order chi connectivity index (χ0) is 30.2. The number of pyridine rings is 1. The maximum Gasteiger partial charge on any atom is 0.260 e. The number of aromatic amines is 1. The summed E-state index contributed by atoms with van der Waals surface area (Å²) in [7, 11) is 0. The van der Waals surface area contributed by atoms with E-state index < -0.39 is 37.7 Å². The number of nitrogens with one attached hydrogen (secondary N) is 3. The molecule has 40 heavy (non-hydrogen) atoms. The average Bonchev–Trinajstić information content (AvgIpc) is 2.88. The molecule has 220 valence electrons. The van der Waals surface area contributed by atoms with Gasteiger partial charge in [-0.2, -0.15) is 0 Å². The molecule has 2 aromatic rings. The van der Waals surface area contributed by atoms with Gasteiger partial charge in [-0.1, -0.05) is 0 Å². The van der Waals surface area contributed by atoms with E-state index in [9.17, 15) is 29.9 Å². The van der Waals surface area contributed by atoms with Gasteiger partial charge >= 0.3 is 0 Å². The van der Waals surface area contributed by atoms with Crippen LogP contribution in [0.5, 0.6) is 5.75 Å². The Balaban J connectivity index is 2.04. The minimum Gasteiger partial charge on any atom is -0.632 e. The predicted octanol–water partition coefficient (Wildman–Crippen LogP) is 3.94. The molecule has 0 atom stereocenters. The predicted molar refractivity (Wildman–Crippen MR) is 157 cm³/mol. The van der Waals surface area contributed by atoms with E-state index >= 15 is 0 Å². The van der Waals surface area contributed by atoms with E-state index in [0.29, 0.717) is 11.4 Å². The van der Waals surface area contributed by atoms with E-state index in [2.05, 4.69) is 15.6 Å². The number of nitrogens with zero attached hydrogens (tertiary/aromatic N) is 2. The molecule has 1 aliphatic carbocycles. The summed E-state index contributed by atoms with van der Waals surface area (Å²) in [5.41, 5.74) is -0.922. The number of ketones is 2. The molecule has 1 heterocycles. The van der Waals surface area contributed by atoms with Crippen molar-refractivity contribution in [3.8, 4) is 5.75 Å². The molecule has 0 bridgehead atoms. The Morgan fingerprint density at radius 2 is 1.07 bits per heavy atom. The minimum atomic E-state index is -0.779. The number of carbonyl (C=O) groups is 2. The molecule has 0 amide bonds. The van der Waals surface area contributed by atoms with Crippen molar-refractivity contribution in [3.05, 3.63) is 61.4 Å². The van der Waals surface area contributed by atoms with Gasteiger partial charge in [-0.25, -0.2) is 0 Å². The molecular weight excluding hydrogens is 514 g/mol. The summed E-state index contributed by atoms with van der Waals surface area (Å²) in [5, 5.41) is 43.5. The van der Waals surface area contributed by atoms with Gasteiger partial charge in [0.1, 0.15) is 11.3 Å². The molecule has 3 rings (SSSR count). The van der Waals surface area contributed by atoms with Crippen molar-refractivity contribution >= 4 is 22.9 Å². The van der Waals surface area contributed by atoms with Crippen molar-refractivity contribution in [2.75, 3.05) is 36.8 Å². The summed E-state index contributed by atoms with van der Waals surface area (Å²) in [6, 6.07) is 2.55. The second kappa shape index (κ2) is 11.7. The van der Waals surface area contributed by atoms with E-state index in [4.69, 9.17) is 0 Å². The molecule has 0 saturated heterocycles. The molecule has 11 heteroatoms. The maximum atomic E-state index is 13.7. The molecule has 0 saturated carbocycles. The number of hydroxylamine groups is 6. The van der Waals surface area contributed by atoms with Gasteiger partial charge in [0, 0.05) is 17.6 Å². The molecule has 11 nitrogen and oxygen atoms in total. The standard InChI is InChI=1S/C29H43N5O6/c1-16(2)33(39,17(3)4)13-11-30-20-9-10-21(31-12-14-34(40,18(5)6)19(7)8)24-23(20)27(36)25-22(35)15-32-29(38)26(25)28(24)37/h9-10,15-19,30-31,35H,11-14H2,1-8H3,(H,32,38). The monoisotopic (exact) mass is 557 g/mol. The number of hydrogen-bond donors (Lipinski definition) is 4. The molecular formula is C29H43N5O6. The summed E-state index contributed by atoms with van der Waals surface area (Å²) >= 11 is 0. The third kappa shape index (κ3) is 5.51. The van der Waals surface area contributed by atoms with E-state index in [1.54, 1.807) is 12.1 Å². The Labute approximate surface area is 235 Å². The van der Waals surface area contributed by atoms with Gasteiger partial charge in [0.05, 0.1) is 67.0 Å². The van der Waals surface area contributed by atoms with Gasteiger partial charge in [-0.15, -0.1) is 0 Å². The van der Waals surface area contributed by atoms with Crippen LogP contribution in [-0.4, -0.2) is 81.3 Å². The van der Waals surface area contributed by atoms with Crippen molar-refractivity contribution in [2.45, 2.75) is 79.6 Å². The Bertz CT molecular complexity index is 1310. The van der Waals surface area contributed by atoms with Gasteiger partial charge in [0.25, 0.3) is 5.56 Å². The second-order valence-corrected chi connectivity index (χ2v) is 11.7. The third-order valence-corrected chi connectivity index (χ3v) is 8.24. The Morgan fingerprint density at radius 3 is 1.45 bits per heavy atom. The molecule has 1 aliphatic rings. The van der Waals surface area contributed by atoms with Gasteiger partial charge in [-0.3, -0.25) is 14.4 Å². The highest BCUT2D eigenvalue weighted by Crippen LogP contribution is 2.38. The first kappa shape index (κ1) is 31.3. The molecule has 1 aromatic heterocycles. The molecule has 4 N–H and O–H groups in total. The quantitative estimate of drug-likeness (QED) is 0.193. The smallest absolute Gasteiger partial charge is 0.260 e. The lowest BCUT2D eigenvalue weighted by Gasteiger charge is -2.50. The second-order valence-electron chi connectivity index (χ2n) is 11.7. The van der Waals surface area contributed by atoms with Crippen LogP contribution < -0.4 is 16.2 Å². The zero-order valence-corrected chi connectivity index (χ0v) is 24.8. The molecule has 0 fully saturated rings. The number of carbonyl (C=O) groups excluding carboxylic acids is 2. The number of benzene rings is 1. The van der Waals surface area contributed by atoms with Crippen LogP contribution >= 0.6 is 0 Å². The highest BCUT2D eigenvalue weighted by atomic mass is 16.6. The van der Waals surface area contributed by atoms with Crippen LogP contribution in [0, 0.1) is 10.4 Å². The fourth-order valence-corrected chi connectivity index (χ4v) is 5.54. The lowest BCUT2D eigenvalue weighted by molar-refractivity contribution is -0.920. The molecule has 1 aromatic carbocycles. The number of rotatable bonds is 12. The Kier molecular flexibility index (Phi) is 9.15. The summed E-state index contributed by atoms with van der Waals surface area (Å²) in [5.74, 6) is -1.88. The van der Waals surface area contributed by atoms with Gasteiger partial charge in [-0.05, 0) is 67.5 Å². The van der Waals surface area contributed by atoms with E-state index in [1.165, 1.54) is 0 Å². The lowest BCUT2D eigenvalue weighted by atomic mass is 9.82. The van der Waals surface area contributed by atoms with Gasteiger partial charge in [0.15, 0.2) is 0 Å². The van der Waals surface area contributed by atoms with E-state index in [0.717, 1.165) is 6.20 Å². The summed E-state index contributed by atoms with van der Waals surface area (Å²) in [6.45, 7) is 15.8. The zero-order valence-electron chi connectivity index (χ0n) is 24.8. The normalized spacial score (nSPS) is 13.8. The summed E-state index contributed by atoms with van der Waals surface area (Å²) < 4.78 is -0.888. The van der Waals surface area contributed by atoms with Crippen LogP contribution in [-0.2, 0) is 0 Å². The van der Waals surface area contributed by atoms with Crippen molar-refractivity contribution in [1.82, 2.24) is 4.98 Å². The molecule has 0 radical (unpaired) electrons. The largest absolute Gasteiger partial charge is 0.632 e. The van der Waals surface area contributed by atoms with Crippen molar-refractivity contribution < 1.29 is 24.0 Å². The number of hydrogen-bond acceptors (Lipinski definition) is 8. The first-order valence-corrected chi connectivity index (χ1v) is 13.9. The number of anilines is 2. The number of quaternary nitrogens is 2. The van der Waals surface area contributed by atoms with Crippen molar-refractivity contribution in [1.29, 1.82) is 0 Å². The van der Waals surface area contributed by atoms with Crippen LogP contribution in [0.3, 0.4) is 0 Å². The Hall–Kier alpha value is -3.25. The highest BCUT2D eigenvalue weighted by molar-refractivity contribution is 6.32. The topological polar surface area (TPSA) is 157 Å². The molecule has 0 unspecified atom stereocenters. The van der Waals surface area contributed by atoms with Crippen LogP contribution in [0.2, 0.25) is 0 Å². The van der Waals surface area contributed by atoms with E-state index in [1.807, 2.05) is 55.4 Å². The molecule has 0 aliphatic heterocycles. The Morgan fingerprint density at radius 1 is 0.700 bits per heavy atom. The van der Waals surface area contributed by atoms with Crippen LogP contribution in [0.4, 0.5) is 11.4 Å². The van der Waals surface area contributed by atoms with Gasteiger partial charge < -0.3 is 40.4 Å². The summed E-state index contributed by atoms with van der Waals surface area (Å²) in [4.78, 5) is 42.4. The van der Waals surface area contributed by atoms with Gasteiger partial charge in [0.2, 0.25) is 11.6 Å². The minimum absolute atomic E-state index is 0.00714. The summed E-state index contributed by atoms with van der Waals surface area (Å²) in [6.07, 6.45) is 0.991. The maximum absolute atomic E-state index is 13.7. The van der Waals surface area contributed by atoms with Crippen LogP contribution in [0.25, 0.3) is 0 Å². The highest BCUT2D eigenvalue weighted by Gasteiger charge is 2.38. The first-order chi connectivity index (χ1) is 18.6. The SMILES string of the molecule is CC(C)[N+]([O-])(CCNc1ccc(NCC[N+]([O-])(C(C)C)C(C)C)c2c1C(=O)c1c(O)c[nH]c(=O)c1C2=O)C(C)C. The lowest BCUT2D eigenvalue weighted by Crippen LogP contribution is -2.55. The van der Waals surface area contributed by atoms with E-state index in [-0.39, 0.29) is 67.0 Å². The fourth-order valence-electron chi connectivity index (χ4n) is 5.54.